The zero-order valence-corrected chi connectivity index (χ0v) is 16.3. The number of nitrogens with one attached hydrogen (secondary N) is 1. The third kappa shape index (κ3) is 3.80. The molecule has 146 valence electrons. The highest BCUT2D eigenvalue weighted by Gasteiger charge is 2.22. The van der Waals surface area contributed by atoms with Crippen molar-refractivity contribution in [2.24, 2.45) is 7.05 Å². The lowest BCUT2D eigenvalue weighted by Gasteiger charge is -2.14. The van der Waals surface area contributed by atoms with E-state index in [1.807, 2.05) is 18.2 Å². The topological polar surface area (TPSA) is 65.3 Å². The summed E-state index contributed by atoms with van der Waals surface area (Å²) in [6.07, 6.45) is -0.925. The molecule has 0 radical (unpaired) electrons. The molecule has 0 aliphatic rings. The van der Waals surface area contributed by atoms with Crippen molar-refractivity contribution in [1.29, 1.82) is 0 Å². The van der Waals surface area contributed by atoms with E-state index in [0.717, 1.165) is 6.07 Å². The van der Waals surface area contributed by atoms with Crippen LogP contribution in [0.25, 0.3) is 5.69 Å². The summed E-state index contributed by atoms with van der Waals surface area (Å²) in [5, 5.41) is 2.53. The van der Waals surface area contributed by atoms with Crippen LogP contribution in [0.2, 0.25) is 5.02 Å². The molecule has 1 atom stereocenters. The molecule has 0 aliphatic carbocycles. The van der Waals surface area contributed by atoms with Crippen LogP contribution >= 0.6 is 11.6 Å². The largest absolute Gasteiger partial charge is 0.481 e. The van der Waals surface area contributed by atoms with Gasteiger partial charge in [0.15, 0.2) is 6.10 Å². The number of ether oxygens (including phenoxy) is 1. The van der Waals surface area contributed by atoms with Gasteiger partial charge in [0.1, 0.15) is 17.3 Å². The number of aromatic nitrogens is 2. The maximum absolute atomic E-state index is 13.2. The van der Waals surface area contributed by atoms with Crippen molar-refractivity contribution in [3.05, 3.63) is 75.4 Å². The lowest BCUT2D eigenvalue weighted by Crippen LogP contribution is -2.32. The Hall–Kier alpha value is -3.06. The van der Waals surface area contributed by atoms with Gasteiger partial charge in [0.25, 0.3) is 11.5 Å². The van der Waals surface area contributed by atoms with Gasteiger partial charge in [0, 0.05) is 13.1 Å². The molecule has 8 heteroatoms. The van der Waals surface area contributed by atoms with Gasteiger partial charge in [-0.05, 0) is 38.1 Å². The second-order valence-corrected chi connectivity index (χ2v) is 6.67. The molecule has 1 N–H and O–H groups in total. The Labute approximate surface area is 166 Å². The fourth-order valence-electron chi connectivity index (χ4n) is 2.74. The molecular formula is C20H19ClFN3O3. The van der Waals surface area contributed by atoms with E-state index >= 15 is 0 Å². The zero-order chi connectivity index (χ0) is 20.4. The van der Waals surface area contributed by atoms with Gasteiger partial charge >= 0.3 is 0 Å². The minimum atomic E-state index is -0.925. The molecule has 6 nitrogen and oxygen atoms in total. The van der Waals surface area contributed by atoms with Crippen LogP contribution in [0.15, 0.2) is 53.3 Å². The maximum Gasteiger partial charge on any atom is 0.295 e. The Morgan fingerprint density at radius 3 is 2.54 bits per heavy atom. The molecular weight excluding hydrogens is 385 g/mol. The van der Waals surface area contributed by atoms with Gasteiger partial charge in [0.05, 0.1) is 16.4 Å². The molecule has 0 fully saturated rings. The van der Waals surface area contributed by atoms with Gasteiger partial charge in [-0.15, -0.1) is 0 Å². The number of hydrogen-bond acceptors (Lipinski definition) is 3. The lowest BCUT2D eigenvalue weighted by atomic mass is 10.3. The molecule has 0 saturated heterocycles. The number of anilines is 1. The Bertz CT molecular complexity index is 1080. The van der Waals surface area contributed by atoms with Gasteiger partial charge in [-0.1, -0.05) is 29.8 Å². The second-order valence-electron chi connectivity index (χ2n) is 6.26. The van der Waals surface area contributed by atoms with Crippen LogP contribution in [0.1, 0.15) is 12.6 Å². The van der Waals surface area contributed by atoms with E-state index in [2.05, 4.69) is 5.32 Å². The third-order valence-electron chi connectivity index (χ3n) is 4.38. The summed E-state index contributed by atoms with van der Waals surface area (Å²) in [4.78, 5) is 25.4. The number of hydrogen-bond donors (Lipinski definition) is 1. The minimum Gasteiger partial charge on any atom is -0.481 e. The van der Waals surface area contributed by atoms with Crippen LogP contribution in [0.3, 0.4) is 0 Å². The van der Waals surface area contributed by atoms with Crippen molar-refractivity contribution in [2.75, 3.05) is 5.32 Å². The van der Waals surface area contributed by atoms with Crippen molar-refractivity contribution in [3.63, 3.8) is 0 Å². The number of carbonyl (C=O) groups is 1. The Kier molecular flexibility index (Phi) is 5.56. The molecule has 0 spiro atoms. The first-order valence-electron chi connectivity index (χ1n) is 8.56. The predicted molar refractivity (Wildman–Crippen MR) is 106 cm³/mol. The Balaban J connectivity index is 1.82. The first kappa shape index (κ1) is 19.7. The van der Waals surface area contributed by atoms with Crippen molar-refractivity contribution in [2.45, 2.75) is 20.0 Å². The van der Waals surface area contributed by atoms with Crippen LogP contribution in [0.4, 0.5) is 10.1 Å². The highest BCUT2D eigenvalue weighted by molar-refractivity contribution is 6.30. The summed E-state index contributed by atoms with van der Waals surface area (Å²) in [6.45, 7) is 3.27. The quantitative estimate of drug-likeness (QED) is 0.706. The molecule has 0 bridgehead atoms. The fourth-order valence-corrected chi connectivity index (χ4v) is 2.92. The fraction of sp³-hybridized carbons (Fsp3) is 0.200. The summed E-state index contributed by atoms with van der Waals surface area (Å²) in [7, 11) is 1.74. The summed E-state index contributed by atoms with van der Waals surface area (Å²) < 4.78 is 21.9. The zero-order valence-electron chi connectivity index (χ0n) is 15.6. The van der Waals surface area contributed by atoms with Gasteiger partial charge in [0.2, 0.25) is 0 Å². The molecule has 1 aromatic heterocycles. The maximum atomic E-state index is 13.2. The van der Waals surface area contributed by atoms with Crippen LogP contribution in [0, 0.1) is 12.7 Å². The Morgan fingerprint density at radius 2 is 1.89 bits per heavy atom. The molecule has 1 amide bonds. The monoisotopic (exact) mass is 403 g/mol. The Morgan fingerprint density at radius 1 is 1.21 bits per heavy atom. The van der Waals surface area contributed by atoms with E-state index in [0.29, 0.717) is 11.4 Å². The highest BCUT2D eigenvalue weighted by Crippen LogP contribution is 2.22. The molecule has 0 aliphatic heterocycles. The van der Waals surface area contributed by atoms with Crippen LogP contribution in [-0.2, 0) is 11.8 Å². The summed E-state index contributed by atoms with van der Waals surface area (Å²) in [5.74, 6) is -0.834. The van der Waals surface area contributed by atoms with Gasteiger partial charge in [-0.3, -0.25) is 14.3 Å². The second kappa shape index (κ2) is 7.90. The predicted octanol–water partition coefficient (Wildman–Crippen LogP) is 3.68. The van der Waals surface area contributed by atoms with Crippen molar-refractivity contribution < 1.29 is 13.9 Å². The molecule has 3 aromatic rings. The van der Waals surface area contributed by atoms with Crippen LogP contribution < -0.4 is 15.6 Å². The molecule has 28 heavy (non-hydrogen) atoms. The number of benzene rings is 2. The van der Waals surface area contributed by atoms with E-state index in [4.69, 9.17) is 16.3 Å². The first-order valence-corrected chi connectivity index (χ1v) is 8.94. The molecule has 0 saturated carbocycles. The average Bonchev–Trinajstić information content (AvgIpc) is 2.88. The van der Waals surface area contributed by atoms with Gasteiger partial charge < -0.3 is 10.1 Å². The number of nitrogens with zero attached hydrogens (tertiary/aromatic N) is 2. The molecule has 0 unspecified atom stereocenters. The number of carbonyl (C=O) groups excluding carboxylic acids is 1. The summed E-state index contributed by atoms with van der Waals surface area (Å²) in [5.41, 5.74) is 1.10. The summed E-state index contributed by atoms with van der Waals surface area (Å²) in [6, 6.07) is 12.9. The summed E-state index contributed by atoms with van der Waals surface area (Å²) >= 11 is 5.72. The third-order valence-corrected chi connectivity index (χ3v) is 4.67. The van der Waals surface area contributed by atoms with Gasteiger partial charge in [-0.25, -0.2) is 9.07 Å². The highest BCUT2D eigenvalue weighted by atomic mass is 35.5. The van der Waals surface area contributed by atoms with E-state index in [-0.39, 0.29) is 22.0 Å². The van der Waals surface area contributed by atoms with E-state index < -0.39 is 17.8 Å². The van der Waals surface area contributed by atoms with Crippen LogP contribution in [-0.4, -0.2) is 21.4 Å². The molecule has 3 rings (SSSR count). The van der Waals surface area contributed by atoms with Crippen molar-refractivity contribution in [1.82, 2.24) is 9.36 Å². The lowest BCUT2D eigenvalue weighted by molar-refractivity contribution is -0.122. The van der Waals surface area contributed by atoms with E-state index in [9.17, 15) is 14.0 Å². The number of halogens is 2. The number of amides is 1. The molecule has 2 aromatic carbocycles. The SMILES string of the molecule is Cc1c(NC(=O)[C@H](C)Oc2ccc(F)c(Cl)c2)c(=O)n(-c2ccccc2)n1C. The van der Waals surface area contributed by atoms with Crippen LogP contribution in [0.5, 0.6) is 5.75 Å². The van der Waals surface area contributed by atoms with Gasteiger partial charge in [-0.2, -0.15) is 0 Å². The van der Waals surface area contributed by atoms with Crippen molar-refractivity contribution in [3.8, 4) is 11.4 Å². The minimum absolute atomic E-state index is 0.102. The van der Waals surface area contributed by atoms with Crippen molar-refractivity contribution >= 4 is 23.2 Å². The first-order chi connectivity index (χ1) is 13.3. The average molecular weight is 404 g/mol. The van der Waals surface area contributed by atoms with E-state index in [1.165, 1.54) is 23.7 Å². The number of para-hydroxylation sites is 1. The normalized spacial score (nSPS) is 11.9. The standard InChI is InChI=1S/C20H19ClFN3O3/c1-12-18(20(27)25(24(12)3)14-7-5-4-6-8-14)23-19(26)13(2)28-15-9-10-17(22)16(21)11-15/h4-11,13H,1-3H3,(H,23,26)/t13-/m0/s1. The van der Waals surface area contributed by atoms with E-state index in [1.54, 1.807) is 30.8 Å². The smallest absolute Gasteiger partial charge is 0.295 e. The number of rotatable bonds is 5. The molecule has 1 heterocycles.